The van der Waals surface area contributed by atoms with E-state index >= 15 is 0 Å². The van der Waals surface area contributed by atoms with Gasteiger partial charge in [0.1, 0.15) is 12.3 Å². The van der Waals surface area contributed by atoms with Crippen LogP contribution >= 0.6 is 0 Å². The predicted octanol–water partition coefficient (Wildman–Crippen LogP) is 2.38. The minimum Gasteiger partial charge on any atom is -0.497 e. The average molecular weight is 380 g/mol. The summed E-state index contributed by atoms with van der Waals surface area (Å²) in [4.78, 5) is 18.9. The summed E-state index contributed by atoms with van der Waals surface area (Å²) >= 11 is 0. The Morgan fingerprint density at radius 2 is 1.93 bits per heavy atom. The Kier molecular flexibility index (Phi) is 6.89. The van der Waals surface area contributed by atoms with Crippen LogP contribution in [0.4, 0.5) is 5.69 Å². The first-order chi connectivity index (χ1) is 13.7. The molecule has 6 nitrogen and oxygen atoms in total. The van der Waals surface area contributed by atoms with E-state index in [1.54, 1.807) is 7.11 Å². The number of aliphatic imine (C=N–C) groups is 1. The lowest BCUT2D eigenvalue weighted by molar-refractivity contribution is -0.117. The number of para-hydroxylation sites is 1. The highest BCUT2D eigenvalue weighted by molar-refractivity contribution is 5.98. The van der Waals surface area contributed by atoms with Crippen molar-refractivity contribution in [3.05, 3.63) is 59.7 Å². The van der Waals surface area contributed by atoms with Gasteiger partial charge in [0.05, 0.1) is 7.11 Å². The first kappa shape index (κ1) is 19.7. The lowest BCUT2D eigenvalue weighted by atomic mass is 10.1. The van der Waals surface area contributed by atoms with Gasteiger partial charge in [0.2, 0.25) is 5.91 Å². The van der Waals surface area contributed by atoms with Gasteiger partial charge in [-0.05, 0) is 49.1 Å². The molecule has 1 heterocycles. The van der Waals surface area contributed by atoms with E-state index in [-0.39, 0.29) is 12.5 Å². The number of hydrogen-bond donors (Lipinski definition) is 2. The summed E-state index contributed by atoms with van der Waals surface area (Å²) in [5, 5.41) is 6.50. The summed E-state index contributed by atoms with van der Waals surface area (Å²) in [6, 6.07) is 16.1. The average Bonchev–Trinajstić information content (AvgIpc) is 3.16. The molecule has 1 aliphatic heterocycles. The number of benzene rings is 2. The van der Waals surface area contributed by atoms with Crippen LogP contribution in [0.25, 0.3) is 0 Å². The van der Waals surface area contributed by atoms with Crippen LogP contribution in [0.5, 0.6) is 5.75 Å². The van der Waals surface area contributed by atoms with Crippen molar-refractivity contribution in [2.45, 2.75) is 19.8 Å². The van der Waals surface area contributed by atoms with E-state index in [2.05, 4.69) is 33.8 Å². The fourth-order valence-corrected chi connectivity index (χ4v) is 3.29. The third-order valence-corrected chi connectivity index (χ3v) is 4.77. The van der Waals surface area contributed by atoms with Crippen LogP contribution in [0.15, 0.2) is 53.5 Å². The number of nitrogens with zero attached hydrogens (tertiary/aromatic N) is 2. The van der Waals surface area contributed by atoms with Crippen molar-refractivity contribution in [3.63, 3.8) is 0 Å². The third-order valence-electron chi connectivity index (χ3n) is 4.77. The van der Waals surface area contributed by atoms with Gasteiger partial charge in [-0.3, -0.25) is 4.79 Å². The number of fused-ring (bicyclic) bond motifs is 1. The van der Waals surface area contributed by atoms with Gasteiger partial charge in [-0.15, -0.1) is 0 Å². The summed E-state index contributed by atoms with van der Waals surface area (Å²) in [6.45, 7) is 4.36. The molecule has 0 bridgehead atoms. The van der Waals surface area contributed by atoms with E-state index in [9.17, 15) is 4.79 Å². The maximum absolute atomic E-state index is 12.6. The van der Waals surface area contributed by atoms with Gasteiger partial charge in [0.15, 0.2) is 5.96 Å². The van der Waals surface area contributed by atoms with Crippen molar-refractivity contribution in [2.24, 2.45) is 4.99 Å². The van der Waals surface area contributed by atoms with Crippen molar-refractivity contribution >= 4 is 17.6 Å². The van der Waals surface area contributed by atoms with E-state index in [1.165, 1.54) is 11.1 Å². The van der Waals surface area contributed by atoms with Gasteiger partial charge >= 0.3 is 0 Å². The van der Waals surface area contributed by atoms with Gasteiger partial charge < -0.3 is 20.3 Å². The summed E-state index contributed by atoms with van der Waals surface area (Å²) in [6.07, 6.45) is 1.77. The SMILES string of the molecule is CCNC(=NCC(=O)N1CCc2ccccc21)NCCc1ccc(OC)cc1. The Morgan fingerprint density at radius 1 is 1.14 bits per heavy atom. The zero-order valence-corrected chi connectivity index (χ0v) is 16.6. The van der Waals surface area contributed by atoms with Crippen LogP contribution in [0.1, 0.15) is 18.1 Å². The minimum atomic E-state index is 0.0253. The van der Waals surface area contributed by atoms with Crippen molar-refractivity contribution in [3.8, 4) is 5.75 Å². The van der Waals surface area contributed by atoms with E-state index in [0.29, 0.717) is 5.96 Å². The molecule has 2 N–H and O–H groups in total. The molecule has 0 aliphatic carbocycles. The normalized spacial score (nSPS) is 13.2. The molecule has 1 amide bonds. The van der Waals surface area contributed by atoms with E-state index in [1.807, 2.05) is 42.2 Å². The zero-order chi connectivity index (χ0) is 19.8. The van der Waals surface area contributed by atoms with Crippen molar-refractivity contribution in [1.29, 1.82) is 0 Å². The molecule has 6 heteroatoms. The molecule has 0 fully saturated rings. The second-order valence-corrected chi connectivity index (χ2v) is 6.64. The van der Waals surface area contributed by atoms with Gasteiger partial charge in [0.25, 0.3) is 0 Å². The molecule has 0 spiro atoms. The number of guanidine groups is 1. The Hall–Kier alpha value is -3.02. The highest BCUT2D eigenvalue weighted by atomic mass is 16.5. The number of ether oxygens (including phenoxy) is 1. The molecule has 0 aromatic heterocycles. The molecule has 0 unspecified atom stereocenters. The summed E-state index contributed by atoms with van der Waals surface area (Å²) in [5.41, 5.74) is 3.46. The largest absolute Gasteiger partial charge is 0.497 e. The highest BCUT2D eigenvalue weighted by Crippen LogP contribution is 2.27. The topological polar surface area (TPSA) is 66.0 Å². The molecule has 1 aliphatic rings. The van der Waals surface area contributed by atoms with E-state index < -0.39 is 0 Å². The van der Waals surface area contributed by atoms with Crippen LogP contribution in [-0.2, 0) is 17.6 Å². The molecule has 28 heavy (non-hydrogen) atoms. The predicted molar refractivity (Wildman–Crippen MR) is 113 cm³/mol. The van der Waals surface area contributed by atoms with Crippen molar-refractivity contribution < 1.29 is 9.53 Å². The maximum atomic E-state index is 12.6. The standard InChI is InChI=1S/C22H28N4O2/c1-3-23-22(24-14-12-17-8-10-19(28-2)11-9-17)25-16-21(27)26-15-13-18-6-4-5-7-20(18)26/h4-11H,3,12-16H2,1-2H3,(H2,23,24,25). The number of rotatable bonds is 7. The summed E-state index contributed by atoms with van der Waals surface area (Å²) < 4.78 is 5.18. The van der Waals surface area contributed by atoms with Crippen LogP contribution < -0.4 is 20.3 Å². The maximum Gasteiger partial charge on any atom is 0.248 e. The molecule has 2 aromatic carbocycles. The van der Waals surface area contributed by atoms with Crippen LogP contribution in [0, 0.1) is 0 Å². The Morgan fingerprint density at radius 3 is 2.68 bits per heavy atom. The second kappa shape index (κ2) is 9.78. The molecule has 2 aromatic rings. The molecule has 3 rings (SSSR count). The lowest BCUT2D eigenvalue weighted by Gasteiger charge is -2.17. The Bertz CT molecular complexity index is 818. The van der Waals surface area contributed by atoms with Crippen molar-refractivity contribution in [2.75, 3.05) is 38.2 Å². The first-order valence-electron chi connectivity index (χ1n) is 9.74. The number of carbonyl (C=O) groups is 1. The highest BCUT2D eigenvalue weighted by Gasteiger charge is 2.23. The van der Waals surface area contributed by atoms with Crippen LogP contribution in [0.2, 0.25) is 0 Å². The molecular formula is C22H28N4O2. The van der Waals surface area contributed by atoms with Gasteiger partial charge in [0, 0.05) is 25.3 Å². The third kappa shape index (κ3) is 5.03. The quantitative estimate of drug-likeness (QED) is 0.572. The fraction of sp³-hybridized carbons (Fsp3) is 0.364. The molecule has 0 saturated carbocycles. The number of amides is 1. The Balaban J connectivity index is 1.53. The van der Waals surface area contributed by atoms with E-state index in [4.69, 9.17) is 4.74 Å². The second-order valence-electron chi connectivity index (χ2n) is 6.64. The Labute approximate surface area is 166 Å². The fourth-order valence-electron chi connectivity index (χ4n) is 3.29. The smallest absolute Gasteiger partial charge is 0.248 e. The lowest BCUT2D eigenvalue weighted by Crippen LogP contribution is -2.39. The monoisotopic (exact) mass is 380 g/mol. The molecular weight excluding hydrogens is 352 g/mol. The number of methoxy groups -OCH3 is 1. The number of carbonyl (C=O) groups excluding carboxylic acids is 1. The van der Waals surface area contributed by atoms with Gasteiger partial charge in [-0.25, -0.2) is 4.99 Å². The van der Waals surface area contributed by atoms with Gasteiger partial charge in [-0.2, -0.15) is 0 Å². The van der Waals surface area contributed by atoms with Crippen LogP contribution in [0.3, 0.4) is 0 Å². The minimum absolute atomic E-state index is 0.0253. The molecule has 0 atom stereocenters. The zero-order valence-electron chi connectivity index (χ0n) is 16.6. The van der Waals surface area contributed by atoms with Crippen LogP contribution in [-0.4, -0.2) is 45.2 Å². The van der Waals surface area contributed by atoms with Gasteiger partial charge in [-0.1, -0.05) is 30.3 Å². The van der Waals surface area contributed by atoms with Crippen molar-refractivity contribution in [1.82, 2.24) is 10.6 Å². The molecule has 148 valence electrons. The summed E-state index contributed by atoms with van der Waals surface area (Å²) in [7, 11) is 1.66. The molecule has 0 radical (unpaired) electrons. The summed E-state index contributed by atoms with van der Waals surface area (Å²) in [5.74, 6) is 1.54. The van der Waals surface area contributed by atoms with E-state index in [0.717, 1.165) is 43.9 Å². The molecule has 0 saturated heterocycles. The number of nitrogens with one attached hydrogen (secondary N) is 2. The number of anilines is 1. The first-order valence-corrected chi connectivity index (χ1v) is 9.74. The number of hydrogen-bond acceptors (Lipinski definition) is 3.